The molecule has 150 valence electrons. The molecule has 4 aromatic carbocycles. The average Bonchev–Trinajstić information content (AvgIpc) is 2.94. The molecular weight excluding hydrogens is 375 g/mol. The van der Waals surface area contributed by atoms with Gasteiger partial charge in [0.2, 0.25) is 0 Å². The van der Waals surface area contributed by atoms with Crippen LogP contribution < -0.4 is 9.47 Å². The molecule has 0 aromatic heterocycles. The van der Waals surface area contributed by atoms with E-state index in [1.807, 2.05) is 48.5 Å². The minimum atomic E-state index is -2.16. The summed E-state index contributed by atoms with van der Waals surface area (Å²) in [5, 5.41) is 4.29. The molecule has 30 heavy (non-hydrogen) atoms. The molecule has 0 saturated heterocycles. The van der Waals surface area contributed by atoms with Gasteiger partial charge < -0.3 is 9.47 Å². The van der Waals surface area contributed by atoms with E-state index in [-0.39, 0.29) is 5.92 Å². The lowest BCUT2D eigenvalue weighted by Crippen LogP contribution is -2.45. The molecule has 1 heterocycles. The second-order valence-corrected chi connectivity index (χ2v) is 8.44. The maximum absolute atomic E-state index is 16.4. The summed E-state index contributed by atoms with van der Waals surface area (Å²) in [5.41, 5.74) is 1.82. The Morgan fingerprint density at radius 2 is 1.13 bits per heavy atom. The van der Waals surface area contributed by atoms with Crippen molar-refractivity contribution in [3.05, 3.63) is 72.8 Å². The van der Waals surface area contributed by atoms with Crippen LogP contribution in [0.3, 0.4) is 0 Å². The van der Waals surface area contributed by atoms with Crippen molar-refractivity contribution in [3.8, 4) is 22.6 Å². The lowest BCUT2D eigenvalue weighted by atomic mass is 9.88. The Bertz CT molecular complexity index is 1170. The summed E-state index contributed by atoms with van der Waals surface area (Å²) in [4.78, 5) is 0. The fourth-order valence-corrected chi connectivity index (χ4v) is 5.12. The standard InChI is InChI=1S/C27H23FO2/c28-27(20-10-2-1-3-11-20)29-23-16-14-18-8-4-6-12-21(18)25(23)26-22-13-7-5-9-19(22)15-17-24(26)30-27/h4-9,12-17,20H,1-3,10-11H2. The van der Waals surface area contributed by atoms with Gasteiger partial charge in [-0.1, -0.05) is 79.9 Å². The first kappa shape index (κ1) is 17.8. The molecule has 1 aliphatic carbocycles. The van der Waals surface area contributed by atoms with Crippen LogP contribution in [-0.4, -0.2) is 6.04 Å². The van der Waals surface area contributed by atoms with Crippen molar-refractivity contribution in [1.29, 1.82) is 0 Å². The van der Waals surface area contributed by atoms with Gasteiger partial charge in [-0.3, -0.25) is 0 Å². The Labute approximate surface area is 175 Å². The van der Waals surface area contributed by atoms with Crippen LogP contribution >= 0.6 is 0 Å². The third kappa shape index (κ3) is 2.68. The zero-order valence-corrected chi connectivity index (χ0v) is 16.7. The third-order valence-corrected chi connectivity index (χ3v) is 6.62. The smallest absolute Gasteiger partial charge is 0.410 e. The molecule has 0 spiro atoms. The molecule has 3 heteroatoms. The highest BCUT2D eigenvalue weighted by atomic mass is 19.2. The van der Waals surface area contributed by atoms with Gasteiger partial charge in [0.15, 0.2) is 0 Å². The zero-order chi connectivity index (χ0) is 20.1. The largest absolute Gasteiger partial charge is 0.426 e. The van der Waals surface area contributed by atoms with Gasteiger partial charge in [0.05, 0.1) is 5.92 Å². The van der Waals surface area contributed by atoms with E-state index in [9.17, 15) is 0 Å². The molecule has 0 amide bonds. The number of halogens is 1. The quantitative estimate of drug-likeness (QED) is 0.328. The normalized spacial score (nSPS) is 18.2. The van der Waals surface area contributed by atoms with E-state index in [2.05, 4.69) is 24.3 Å². The van der Waals surface area contributed by atoms with Crippen molar-refractivity contribution < 1.29 is 13.9 Å². The minimum Gasteiger partial charge on any atom is -0.426 e. The Morgan fingerprint density at radius 1 is 0.633 bits per heavy atom. The maximum Gasteiger partial charge on any atom is 0.410 e. The molecule has 0 radical (unpaired) electrons. The van der Waals surface area contributed by atoms with Gasteiger partial charge in [-0.25, -0.2) is 0 Å². The Hall–Kier alpha value is -3.07. The lowest BCUT2D eigenvalue weighted by Gasteiger charge is -2.34. The molecular formula is C27H23FO2. The lowest BCUT2D eigenvalue weighted by molar-refractivity contribution is -0.255. The number of hydrogen-bond acceptors (Lipinski definition) is 2. The second-order valence-electron chi connectivity index (χ2n) is 8.44. The molecule has 0 N–H and O–H groups in total. The fraction of sp³-hybridized carbons (Fsp3) is 0.259. The number of ether oxygens (including phenoxy) is 2. The van der Waals surface area contributed by atoms with E-state index in [0.717, 1.165) is 64.8 Å². The number of rotatable bonds is 1. The van der Waals surface area contributed by atoms with E-state index in [1.54, 1.807) is 0 Å². The van der Waals surface area contributed by atoms with E-state index in [0.29, 0.717) is 11.5 Å². The highest BCUT2D eigenvalue weighted by Gasteiger charge is 2.47. The monoisotopic (exact) mass is 398 g/mol. The molecule has 2 aliphatic rings. The first-order chi connectivity index (χ1) is 14.7. The molecule has 0 unspecified atom stereocenters. The highest BCUT2D eigenvalue weighted by Crippen LogP contribution is 2.51. The van der Waals surface area contributed by atoms with Crippen molar-refractivity contribution in [2.24, 2.45) is 5.92 Å². The molecule has 1 aliphatic heterocycles. The predicted octanol–water partition coefficient (Wildman–Crippen LogP) is 7.63. The summed E-state index contributed by atoms with van der Waals surface area (Å²) in [6.07, 6.45) is 4.73. The van der Waals surface area contributed by atoms with Crippen LogP contribution in [0.1, 0.15) is 32.1 Å². The number of hydrogen-bond donors (Lipinski definition) is 0. The van der Waals surface area contributed by atoms with Gasteiger partial charge in [0.1, 0.15) is 11.5 Å². The van der Waals surface area contributed by atoms with Crippen LogP contribution in [0.4, 0.5) is 4.39 Å². The molecule has 0 bridgehead atoms. The van der Waals surface area contributed by atoms with Gasteiger partial charge in [0, 0.05) is 11.1 Å². The van der Waals surface area contributed by atoms with E-state index in [4.69, 9.17) is 9.47 Å². The molecule has 1 saturated carbocycles. The molecule has 0 atom stereocenters. The number of fused-ring (bicyclic) bond motifs is 7. The maximum atomic E-state index is 16.4. The fourth-order valence-electron chi connectivity index (χ4n) is 5.12. The predicted molar refractivity (Wildman–Crippen MR) is 119 cm³/mol. The van der Waals surface area contributed by atoms with Gasteiger partial charge in [-0.2, -0.15) is 4.39 Å². The molecule has 6 rings (SSSR count). The van der Waals surface area contributed by atoms with Crippen LogP contribution in [0.5, 0.6) is 11.5 Å². The number of alkyl halides is 1. The summed E-state index contributed by atoms with van der Waals surface area (Å²) in [6, 6.07) is 22.0. The van der Waals surface area contributed by atoms with Gasteiger partial charge in [-0.15, -0.1) is 0 Å². The highest BCUT2D eigenvalue weighted by molar-refractivity contribution is 6.09. The Balaban J connectivity index is 1.68. The van der Waals surface area contributed by atoms with Crippen molar-refractivity contribution in [3.63, 3.8) is 0 Å². The minimum absolute atomic E-state index is 0.275. The summed E-state index contributed by atoms with van der Waals surface area (Å²) in [5.74, 6) is 0.830. The average molecular weight is 398 g/mol. The van der Waals surface area contributed by atoms with Crippen LogP contribution in [0, 0.1) is 5.92 Å². The summed E-state index contributed by atoms with van der Waals surface area (Å²) >= 11 is 0. The van der Waals surface area contributed by atoms with Crippen LogP contribution in [-0.2, 0) is 0 Å². The third-order valence-electron chi connectivity index (χ3n) is 6.62. The molecule has 1 fully saturated rings. The zero-order valence-electron chi connectivity index (χ0n) is 16.7. The second kappa shape index (κ2) is 6.73. The van der Waals surface area contributed by atoms with E-state index < -0.39 is 6.04 Å². The molecule has 4 aromatic rings. The van der Waals surface area contributed by atoms with Crippen LogP contribution in [0.2, 0.25) is 0 Å². The first-order valence-corrected chi connectivity index (χ1v) is 10.8. The van der Waals surface area contributed by atoms with Gasteiger partial charge in [0.25, 0.3) is 0 Å². The van der Waals surface area contributed by atoms with E-state index >= 15 is 4.39 Å². The van der Waals surface area contributed by atoms with Crippen molar-refractivity contribution in [1.82, 2.24) is 0 Å². The molecule has 2 nitrogen and oxygen atoms in total. The summed E-state index contributed by atoms with van der Waals surface area (Å²) in [6.45, 7) is 0. The summed E-state index contributed by atoms with van der Waals surface area (Å²) in [7, 11) is 0. The van der Waals surface area contributed by atoms with E-state index in [1.165, 1.54) is 0 Å². The van der Waals surface area contributed by atoms with Crippen LogP contribution in [0.25, 0.3) is 32.7 Å². The SMILES string of the molecule is FC1(C2CCCCC2)Oc2ccc3ccccc3c2-c2c(ccc3ccccc23)O1. The Kier molecular flexibility index (Phi) is 3.98. The van der Waals surface area contributed by atoms with Gasteiger partial charge >= 0.3 is 6.04 Å². The first-order valence-electron chi connectivity index (χ1n) is 10.8. The summed E-state index contributed by atoms with van der Waals surface area (Å²) < 4.78 is 28.7. The topological polar surface area (TPSA) is 18.5 Å². The Morgan fingerprint density at radius 3 is 1.67 bits per heavy atom. The van der Waals surface area contributed by atoms with Crippen molar-refractivity contribution >= 4 is 21.5 Å². The van der Waals surface area contributed by atoms with Crippen LogP contribution in [0.15, 0.2) is 72.8 Å². The van der Waals surface area contributed by atoms with Crippen molar-refractivity contribution in [2.75, 3.05) is 0 Å². The number of benzene rings is 4. The van der Waals surface area contributed by atoms with Crippen molar-refractivity contribution in [2.45, 2.75) is 38.1 Å². The van der Waals surface area contributed by atoms with Gasteiger partial charge in [-0.05, 0) is 46.5 Å².